The van der Waals surface area contributed by atoms with Crippen LogP contribution < -0.4 is 0 Å². The van der Waals surface area contributed by atoms with Gasteiger partial charge in [0, 0.05) is 13.5 Å². The highest BCUT2D eigenvalue weighted by Crippen LogP contribution is 2.37. The zero-order chi connectivity index (χ0) is 12.3. The van der Waals surface area contributed by atoms with Gasteiger partial charge in [0.2, 0.25) is 0 Å². The first-order chi connectivity index (χ1) is 6.61. The van der Waals surface area contributed by atoms with Crippen LogP contribution >= 0.6 is 63.7 Å². The lowest BCUT2D eigenvalue weighted by atomic mass is 9.97. The van der Waals surface area contributed by atoms with Gasteiger partial charge in [-0.2, -0.15) is 0 Å². The van der Waals surface area contributed by atoms with Crippen molar-refractivity contribution in [1.82, 2.24) is 0 Å². The quantitative estimate of drug-likeness (QED) is 0.558. The standard InChI is InChI=1S/C10H18Br4O/c1-9(2,13)7(11)4-5-10(3,14)8(12)6-15/h7-8,15H,4-6H2,1-3H3/t7-,8+,10+/m0/s1. The Hall–Kier alpha value is 1.88. The Bertz CT molecular complexity index is 188. The molecule has 0 heterocycles. The summed E-state index contributed by atoms with van der Waals surface area (Å²) in [6.45, 7) is 6.54. The molecule has 0 spiro atoms. The summed E-state index contributed by atoms with van der Waals surface area (Å²) >= 11 is 14.5. The van der Waals surface area contributed by atoms with E-state index in [1.807, 2.05) is 0 Å². The lowest BCUT2D eigenvalue weighted by molar-refractivity contribution is 0.278. The van der Waals surface area contributed by atoms with Crippen LogP contribution in [0.5, 0.6) is 0 Å². The molecule has 0 rings (SSSR count). The number of halogens is 4. The molecule has 1 N–H and O–H groups in total. The lowest BCUT2D eigenvalue weighted by Crippen LogP contribution is -2.34. The Morgan fingerprint density at radius 3 is 1.87 bits per heavy atom. The molecule has 0 aromatic carbocycles. The summed E-state index contributed by atoms with van der Waals surface area (Å²) in [5, 5.41) is 9.10. The molecule has 15 heavy (non-hydrogen) atoms. The lowest BCUT2D eigenvalue weighted by Gasteiger charge is -2.30. The second-order valence-electron chi connectivity index (χ2n) is 4.50. The number of hydrogen-bond donors (Lipinski definition) is 1. The molecule has 0 amide bonds. The maximum atomic E-state index is 9.10. The molecule has 0 aliphatic heterocycles. The molecule has 0 radical (unpaired) electrons. The van der Waals surface area contributed by atoms with E-state index >= 15 is 0 Å². The molecule has 0 aliphatic carbocycles. The molecule has 3 atom stereocenters. The highest BCUT2D eigenvalue weighted by atomic mass is 79.9. The highest BCUT2D eigenvalue weighted by Gasteiger charge is 2.32. The van der Waals surface area contributed by atoms with Crippen molar-refractivity contribution in [2.75, 3.05) is 6.61 Å². The van der Waals surface area contributed by atoms with Crippen LogP contribution in [0.3, 0.4) is 0 Å². The molecule has 0 saturated carbocycles. The third-order valence-electron chi connectivity index (χ3n) is 2.44. The molecule has 1 nitrogen and oxygen atoms in total. The van der Waals surface area contributed by atoms with Crippen molar-refractivity contribution in [2.24, 2.45) is 0 Å². The van der Waals surface area contributed by atoms with Crippen LogP contribution in [0, 0.1) is 0 Å². The van der Waals surface area contributed by atoms with Crippen molar-refractivity contribution in [3.8, 4) is 0 Å². The van der Waals surface area contributed by atoms with Crippen LogP contribution in [0.2, 0.25) is 0 Å². The average Bonchev–Trinajstić information content (AvgIpc) is 2.11. The van der Waals surface area contributed by atoms with Gasteiger partial charge in [-0.05, 0) is 33.6 Å². The van der Waals surface area contributed by atoms with E-state index in [2.05, 4.69) is 84.5 Å². The van der Waals surface area contributed by atoms with E-state index in [1.165, 1.54) is 0 Å². The predicted octanol–water partition coefficient (Wildman–Crippen LogP) is 4.61. The minimum atomic E-state index is -0.0635. The largest absolute Gasteiger partial charge is 0.395 e. The zero-order valence-corrected chi connectivity index (χ0v) is 15.6. The van der Waals surface area contributed by atoms with E-state index in [0.29, 0.717) is 4.83 Å². The number of aliphatic hydroxyl groups is 1. The van der Waals surface area contributed by atoms with Crippen molar-refractivity contribution in [3.05, 3.63) is 0 Å². The minimum absolute atomic E-state index is 0.0635. The van der Waals surface area contributed by atoms with E-state index < -0.39 is 0 Å². The number of rotatable bonds is 6. The second-order valence-corrected chi connectivity index (χ2v) is 10.6. The molecular weight excluding hydrogens is 456 g/mol. The van der Waals surface area contributed by atoms with Gasteiger partial charge in [0.05, 0.1) is 11.4 Å². The fourth-order valence-electron chi connectivity index (χ4n) is 1.10. The Morgan fingerprint density at radius 2 is 1.53 bits per heavy atom. The van der Waals surface area contributed by atoms with E-state index in [4.69, 9.17) is 5.11 Å². The molecule has 0 aromatic heterocycles. The molecule has 0 bridgehead atoms. The van der Waals surface area contributed by atoms with Crippen molar-refractivity contribution >= 4 is 63.7 Å². The SMILES string of the molecule is CC(C)(Br)[C@@H](Br)CC[C@@](C)(Br)[C@H](Br)CO. The van der Waals surface area contributed by atoms with Gasteiger partial charge in [-0.1, -0.05) is 63.7 Å². The maximum Gasteiger partial charge on any atom is 0.0569 e. The van der Waals surface area contributed by atoms with Gasteiger partial charge in [0.15, 0.2) is 0 Å². The Balaban J connectivity index is 4.15. The molecule has 5 heteroatoms. The van der Waals surface area contributed by atoms with E-state index in [-0.39, 0.29) is 20.1 Å². The zero-order valence-electron chi connectivity index (χ0n) is 9.24. The summed E-state index contributed by atoms with van der Waals surface area (Å²) in [5.41, 5.74) is 0. The van der Waals surface area contributed by atoms with Gasteiger partial charge in [-0.25, -0.2) is 0 Å². The topological polar surface area (TPSA) is 20.2 Å². The highest BCUT2D eigenvalue weighted by molar-refractivity contribution is 9.13. The van der Waals surface area contributed by atoms with Gasteiger partial charge < -0.3 is 5.11 Å². The number of aliphatic hydroxyl groups excluding tert-OH is 1. The van der Waals surface area contributed by atoms with Gasteiger partial charge >= 0.3 is 0 Å². The fourth-order valence-corrected chi connectivity index (χ4v) is 2.16. The van der Waals surface area contributed by atoms with E-state index in [1.54, 1.807) is 0 Å². The smallest absolute Gasteiger partial charge is 0.0569 e. The summed E-state index contributed by atoms with van der Waals surface area (Å²) in [7, 11) is 0. The van der Waals surface area contributed by atoms with Crippen LogP contribution in [0.4, 0.5) is 0 Å². The average molecular weight is 474 g/mol. The molecule has 0 fully saturated rings. The first-order valence-electron chi connectivity index (χ1n) is 4.88. The monoisotopic (exact) mass is 470 g/mol. The van der Waals surface area contributed by atoms with Crippen LogP contribution in [-0.4, -0.2) is 30.0 Å². The van der Waals surface area contributed by atoms with E-state index in [9.17, 15) is 0 Å². The summed E-state index contributed by atoms with van der Waals surface area (Å²) in [5.74, 6) is 0. The Kier molecular flexibility index (Phi) is 7.56. The van der Waals surface area contributed by atoms with Crippen LogP contribution in [-0.2, 0) is 0 Å². The third kappa shape index (κ3) is 6.39. The maximum absolute atomic E-state index is 9.10. The first-order valence-corrected chi connectivity index (χ1v) is 8.30. The Morgan fingerprint density at radius 1 is 1.07 bits per heavy atom. The van der Waals surface area contributed by atoms with Crippen molar-refractivity contribution in [2.45, 2.75) is 51.9 Å². The normalized spacial score (nSPS) is 20.8. The number of alkyl halides is 4. The molecule has 92 valence electrons. The van der Waals surface area contributed by atoms with Gasteiger partial charge in [-0.15, -0.1) is 0 Å². The van der Waals surface area contributed by atoms with Gasteiger partial charge in [0.1, 0.15) is 0 Å². The van der Waals surface area contributed by atoms with Crippen molar-refractivity contribution in [3.63, 3.8) is 0 Å². The molecular formula is C10H18Br4O. The van der Waals surface area contributed by atoms with Crippen LogP contribution in [0.15, 0.2) is 0 Å². The fraction of sp³-hybridized carbons (Fsp3) is 1.00. The van der Waals surface area contributed by atoms with E-state index in [0.717, 1.165) is 12.8 Å². The molecule has 0 aliphatic rings. The van der Waals surface area contributed by atoms with Gasteiger partial charge in [-0.3, -0.25) is 0 Å². The van der Waals surface area contributed by atoms with Crippen molar-refractivity contribution in [1.29, 1.82) is 0 Å². The molecule has 0 unspecified atom stereocenters. The molecule has 0 aromatic rings. The summed E-state index contributed by atoms with van der Waals surface area (Å²) in [6, 6.07) is 0. The first kappa shape index (κ1) is 16.9. The predicted molar refractivity (Wildman–Crippen MR) is 82.1 cm³/mol. The second kappa shape index (κ2) is 6.72. The molecule has 0 saturated heterocycles. The summed E-state index contributed by atoms with van der Waals surface area (Å²) in [4.78, 5) is 0.503. The number of hydrogen-bond acceptors (Lipinski definition) is 1. The summed E-state index contributed by atoms with van der Waals surface area (Å²) < 4.78 is 0.0309. The third-order valence-corrected chi connectivity index (χ3v) is 8.08. The van der Waals surface area contributed by atoms with Crippen LogP contribution in [0.1, 0.15) is 33.6 Å². The summed E-state index contributed by atoms with van der Waals surface area (Å²) in [6.07, 6.45) is 2.04. The minimum Gasteiger partial charge on any atom is -0.395 e. The van der Waals surface area contributed by atoms with Gasteiger partial charge in [0.25, 0.3) is 0 Å². The van der Waals surface area contributed by atoms with Crippen LogP contribution in [0.25, 0.3) is 0 Å². The van der Waals surface area contributed by atoms with Crippen molar-refractivity contribution < 1.29 is 5.11 Å². The Labute approximate surface area is 126 Å².